The molecule has 0 spiro atoms. The fraction of sp³-hybridized carbons (Fsp3) is 0.105. The molecular formula is C19H17BrN4O. The number of pyridine rings is 2. The normalized spacial score (nSPS) is 10.3. The molecule has 25 heavy (non-hydrogen) atoms. The lowest BCUT2D eigenvalue weighted by molar-refractivity contribution is 0.102. The van der Waals surface area contributed by atoms with Gasteiger partial charge in [-0.1, -0.05) is 12.1 Å². The molecule has 0 atom stereocenters. The van der Waals surface area contributed by atoms with Crippen LogP contribution in [0.1, 0.15) is 21.5 Å². The largest absolute Gasteiger partial charge is 0.366 e. The van der Waals surface area contributed by atoms with Gasteiger partial charge in [0.05, 0.1) is 5.69 Å². The van der Waals surface area contributed by atoms with Crippen molar-refractivity contribution in [2.24, 2.45) is 0 Å². The van der Waals surface area contributed by atoms with Crippen LogP contribution in [0.4, 0.5) is 11.5 Å². The van der Waals surface area contributed by atoms with Crippen LogP contribution in [-0.4, -0.2) is 15.9 Å². The number of carbonyl (C=O) groups excluding carboxylic acids is 1. The number of carbonyl (C=O) groups is 1. The summed E-state index contributed by atoms with van der Waals surface area (Å²) in [5, 5.41) is 6.10. The second kappa shape index (κ2) is 7.90. The SMILES string of the molecule is Cc1ccc(NC(=O)c2ccnc(NCc3cccnc3)c2)c(Br)c1. The van der Waals surface area contributed by atoms with Crippen LogP contribution in [0.15, 0.2) is 65.5 Å². The minimum Gasteiger partial charge on any atom is -0.366 e. The maximum Gasteiger partial charge on any atom is 0.255 e. The highest BCUT2D eigenvalue weighted by molar-refractivity contribution is 9.10. The molecule has 0 aliphatic heterocycles. The highest BCUT2D eigenvalue weighted by atomic mass is 79.9. The zero-order valence-corrected chi connectivity index (χ0v) is 15.2. The molecule has 126 valence electrons. The zero-order chi connectivity index (χ0) is 17.6. The van der Waals surface area contributed by atoms with Gasteiger partial charge in [-0.3, -0.25) is 9.78 Å². The average molecular weight is 397 g/mol. The molecule has 0 unspecified atom stereocenters. The number of hydrogen-bond donors (Lipinski definition) is 2. The molecule has 5 nitrogen and oxygen atoms in total. The Morgan fingerprint density at radius 1 is 1.16 bits per heavy atom. The van der Waals surface area contributed by atoms with Gasteiger partial charge in [0.15, 0.2) is 0 Å². The Morgan fingerprint density at radius 2 is 2.04 bits per heavy atom. The van der Waals surface area contributed by atoms with Crippen LogP contribution in [-0.2, 0) is 6.54 Å². The van der Waals surface area contributed by atoms with E-state index in [-0.39, 0.29) is 5.91 Å². The van der Waals surface area contributed by atoms with E-state index < -0.39 is 0 Å². The Balaban J connectivity index is 1.69. The summed E-state index contributed by atoms with van der Waals surface area (Å²) in [5.41, 5.74) is 3.44. The second-order valence-corrected chi connectivity index (χ2v) is 6.44. The molecule has 0 saturated heterocycles. The second-order valence-electron chi connectivity index (χ2n) is 5.58. The average Bonchev–Trinajstić information content (AvgIpc) is 2.63. The first-order chi connectivity index (χ1) is 12.1. The molecule has 0 aliphatic rings. The van der Waals surface area contributed by atoms with Crippen molar-refractivity contribution in [3.8, 4) is 0 Å². The van der Waals surface area contributed by atoms with E-state index in [1.807, 2.05) is 37.3 Å². The van der Waals surface area contributed by atoms with Crippen LogP contribution in [0.5, 0.6) is 0 Å². The number of halogens is 1. The number of aromatic nitrogens is 2. The lowest BCUT2D eigenvalue weighted by atomic mass is 10.2. The number of amides is 1. The molecule has 0 aliphatic carbocycles. The topological polar surface area (TPSA) is 66.9 Å². The maximum atomic E-state index is 12.5. The zero-order valence-electron chi connectivity index (χ0n) is 13.7. The van der Waals surface area contributed by atoms with Gasteiger partial charge in [0.2, 0.25) is 0 Å². The van der Waals surface area contributed by atoms with Crippen molar-refractivity contribution >= 4 is 33.3 Å². The lowest BCUT2D eigenvalue weighted by Crippen LogP contribution is -2.13. The minimum absolute atomic E-state index is 0.184. The molecule has 1 amide bonds. The smallest absolute Gasteiger partial charge is 0.255 e. The van der Waals surface area contributed by atoms with Crippen molar-refractivity contribution in [1.29, 1.82) is 0 Å². The first-order valence-corrected chi connectivity index (χ1v) is 8.57. The van der Waals surface area contributed by atoms with E-state index >= 15 is 0 Å². The van der Waals surface area contributed by atoms with Crippen molar-refractivity contribution < 1.29 is 4.79 Å². The summed E-state index contributed by atoms with van der Waals surface area (Å²) in [6, 6.07) is 13.1. The Labute approximate surface area is 154 Å². The van der Waals surface area contributed by atoms with Crippen molar-refractivity contribution in [3.05, 3.63) is 82.2 Å². The standard InChI is InChI=1S/C19H17BrN4O/c1-13-4-5-17(16(20)9-13)24-19(25)15-6-8-22-18(10-15)23-12-14-3-2-7-21-11-14/h2-11H,12H2,1H3,(H,22,23)(H,24,25). The number of benzene rings is 1. The third-order valence-corrected chi connectivity index (χ3v) is 4.25. The Hall–Kier alpha value is -2.73. The van der Waals surface area contributed by atoms with Gasteiger partial charge in [0.25, 0.3) is 5.91 Å². The molecule has 0 saturated carbocycles. The molecule has 3 rings (SSSR count). The van der Waals surface area contributed by atoms with Gasteiger partial charge in [-0.05, 0) is 64.3 Å². The fourth-order valence-corrected chi connectivity index (χ4v) is 2.87. The van der Waals surface area contributed by atoms with E-state index in [9.17, 15) is 4.79 Å². The molecule has 1 aromatic carbocycles. The summed E-state index contributed by atoms with van der Waals surface area (Å²) in [6.07, 6.45) is 5.14. The molecule has 3 aromatic rings. The number of nitrogens with zero attached hydrogens (tertiary/aromatic N) is 2. The van der Waals surface area contributed by atoms with Gasteiger partial charge in [-0.25, -0.2) is 4.98 Å². The van der Waals surface area contributed by atoms with Gasteiger partial charge in [0.1, 0.15) is 5.82 Å². The molecule has 2 aromatic heterocycles. The predicted molar refractivity (Wildman–Crippen MR) is 103 cm³/mol. The molecule has 2 heterocycles. The fourth-order valence-electron chi connectivity index (χ4n) is 2.28. The van der Waals surface area contributed by atoms with Crippen LogP contribution in [0, 0.1) is 6.92 Å². The Bertz CT molecular complexity index is 884. The number of aryl methyl sites for hydroxylation is 1. The maximum absolute atomic E-state index is 12.5. The number of nitrogens with one attached hydrogen (secondary N) is 2. The van der Waals surface area contributed by atoms with E-state index in [0.29, 0.717) is 17.9 Å². The third-order valence-electron chi connectivity index (χ3n) is 3.59. The monoisotopic (exact) mass is 396 g/mol. The van der Waals surface area contributed by atoms with E-state index in [1.165, 1.54) is 0 Å². The van der Waals surface area contributed by atoms with Gasteiger partial charge in [0, 0.05) is 35.2 Å². The van der Waals surface area contributed by atoms with Crippen molar-refractivity contribution in [2.75, 3.05) is 10.6 Å². The minimum atomic E-state index is -0.184. The summed E-state index contributed by atoms with van der Waals surface area (Å²) in [4.78, 5) is 20.8. The summed E-state index contributed by atoms with van der Waals surface area (Å²) in [6.45, 7) is 2.59. The van der Waals surface area contributed by atoms with Crippen molar-refractivity contribution in [3.63, 3.8) is 0 Å². The Kier molecular flexibility index (Phi) is 5.40. The highest BCUT2D eigenvalue weighted by Crippen LogP contribution is 2.24. The Morgan fingerprint density at radius 3 is 2.80 bits per heavy atom. The molecule has 0 radical (unpaired) electrons. The highest BCUT2D eigenvalue weighted by Gasteiger charge is 2.09. The van der Waals surface area contributed by atoms with Gasteiger partial charge >= 0.3 is 0 Å². The van der Waals surface area contributed by atoms with Crippen molar-refractivity contribution in [1.82, 2.24) is 9.97 Å². The van der Waals surface area contributed by atoms with E-state index in [4.69, 9.17) is 0 Å². The number of rotatable bonds is 5. The molecule has 0 bridgehead atoms. The van der Waals surface area contributed by atoms with Crippen LogP contribution >= 0.6 is 15.9 Å². The molecule has 0 fully saturated rings. The molecular weight excluding hydrogens is 380 g/mol. The van der Waals surface area contributed by atoms with Crippen molar-refractivity contribution in [2.45, 2.75) is 13.5 Å². The van der Waals surface area contributed by atoms with E-state index in [2.05, 4.69) is 36.5 Å². The van der Waals surface area contributed by atoms with Crippen LogP contribution in [0.2, 0.25) is 0 Å². The molecule has 2 N–H and O–H groups in total. The van der Waals surface area contributed by atoms with Gasteiger partial charge in [-0.15, -0.1) is 0 Å². The van der Waals surface area contributed by atoms with Gasteiger partial charge < -0.3 is 10.6 Å². The van der Waals surface area contributed by atoms with Crippen LogP contribution in [0.3, 0.4) is 0 Å². The summed E-state index contributed by atoms with van der Waals surface area (Å²) < 4.78 is 0.852. The first-order valence-electron chi connectivity index (χ1n) is 7.78. The molecule has 6 heteroatoms. The number of hydrogen-bond acceptors (Lipinski definition) is 4. The quantitative estimate of drug-likeness (QED) is 0.669. The summed E-state index contributed by atoms with van der Waals surface area (Å²) in [7, 11) is 0. The summed E-state index contributed by atoms with van der Waals surface area (Å²) >= 11 is 3.47. The van der Waals surface area contributed by atoms with Crippen LogP contribution in [0.25, 0.3) is 0 Å². The van der Waals surface area contributed by atoms with E-state index in [0.717, 1.165) is 21.3 Å². The lowest BCUT2D eigenvalue weighted by Gasteiger charge is -2.10. The summed E-state index contributed by atoms with van der Waals surface area (Å²) in [5.74, 6) is 0.454. The third kappa shape index (κ3) is 4.64. The van der Waals surface area contributed by atoms with Gasteiger partial charge in [-0.2, -0.15) is 0 Å². The predicted octanol–water partition coefficient (Wildman–Crippen LogP) is 4.41. The number of anilines is 2. The first kappa shape index (κ1) is 17.1. The van der Waals surface area contributed by atoms with Crippen LogP contribution < -0.4 is 10.6 Å². The van der Waals surface area contributed by atoms with E-state index in [1.54, 1.807) is 30.7 Å².